The lowest BCUT2D eigenvalue weighted by molar-refractivity contribution is 0.380. The Labute approximate surface area is 99.7 Å². The summed E-state index contributed by atoms with van der Waals surface area (Å²) in [5.41, 5.74) is 5.86. The third-order valence-corrected chi connectivity index (χ3v) is 5.97. The van der Waals surface area contributed by atoms with Gasteiger partial charge in [-0.15, -0.1) is 0 Å². The van der Waals surface area contributed by atoms with E-state index in [1.54, 1.807) is 0 Å². The highest BCUT2D eigenvalue weighted by Crippen LogP contribution is 2.29. The minimum atomic E-state index is -2.99. The summed E-state index contributed by atoms with van der Waals surface area (Å²) in [5.74, 6) is 0.932. The Hall–Kier alpha value is -0.0900. The van der Waals surface area contributed by atoms with E-state index in [-0.39, 0.29) is 23.0 Å². The van der Waals surface area contributed by atoms with Crippen LogP contribution in [0.2, 0.25) is 0 Å². The molecule has 0 aliphatic heterocycles. The van der Waals surface area contributed by atoms with Gasteiger partial charge in [0.15, 0.2) is 9.84 Å². The van der Waals surface area contributed by atoms with Crippen molar-refractivity contribution in [3.8, 4) is 0 Å². The zero-order valence-electron chi connectivity index (χ0n) is 10.6. The number of hydrogen-bond acceptors (Lipinski definition) is 3. The van der Waals surface area contributed by atoms with E-state index in [9.17, 15) is 8.42 Å². The molecule has 0 aromatic carbocycles. The van der Waals surface area contributed by atoms with Crippen molar-refractivity contribution in [1.29, 1.82) is 0 Å². The molecule has 0 radical (unpaired) electrons. The van der Waals surface area contributed by atoms with E-state index in [0.717, 1.165) is 19.3 Å². The quantitative estimate of drug-likeness (QED) is 0.826. The number of nitrogens with two attached hydrogens (primary N) is 1. The van der Waals surface area contributed by atoms with Crippen molar-refractivity contribution in [3.05, 3.63) is 0 Å². The Kier molecular flexibility index (Phi) is 4.80. The molecule has 2 N–H and O–H groups in total. The maximum absolute atomic E-state index is 12.2. The molecule has 0 heterocycles. The molecule has 1 rings (SSSR count). The maximum Gasteiger partial charge on any atom is 0.154 e. The van der Waals surface area contributed by atoms with Gasteiger partial charge >= 0.3 is 0 Å². The zero-order chi connectivity index (χ0) is 12.3. The van der Waals surface area contributed by atoms with Crippen molar-refractivity contribution in [2.24, 2.45) is 17.6 Å². The highest BCUT2D eigenvalue weighted by molar-refractivity contribution is 7.92. The first-order valence-corrected chi connectivity index (χ1v) is 8.01. The van der Waals surface area contributed by atoms with Crippen molar-refractivity contribution >= 4 is 9.84 Å². The predicted molar refractivity (Wildman–Crippen MR) is 68.0 cm³/mol. The molecule has 16 heavy (non-hydrogen) atoms. The Morgan fingerprint density at radius 3 is 2.44 bits per heavy atom. The molecule has 1 saturated carbocycles. The summed E-state index contributed by atoms with van der Waals surface area (Å²) in [6.45, 7) is 6.09. The van der Waals surface area contributed by atoms with Crippen molar-refractivity contribution in [2.75, 3.05) is 5.75 Å². The fraction of sp³-hybridized carbons (Fsp3) is 1.00. The normalized spacial score (nSPS) is 29.3. The van der Waals surface area contributed by atoms with Gasteiger partial charge in [0, 0.05) is 6.04 Å². The van der Waals surface area contributed by atoms with E-state index in [2.05, 4.69) is 6.92 Å². The van der Waals surface area contributed by atoms with Crippen LogP contribution in [0.1, 0.15) is 46.5 Å². The van der Waals surface area contributed by atoms with Gasteiger partial charge in [-0.1, -0.05) is 33.6 Å². The molecule has 1 aliphatic rings. The van der Waals surface area contributed by atoms with E-state index in [1.165, 1.54) is 6.42 Å². The molecule has 0 aromatic rings. The fourth-order valence-electron chi connectivity index (χ4n) is 2.30. The van der Waals surface area contributed by atoms with E-state index in [4.69, 9.17) is 5.73 Å². The van der Waals surface area contributed by atoms with Crippen molar-refractivity contribution < 1.29 is 8.42 Å². The van der Waals surface area contributed by atoms with Gasteiger partial charge in [-0.2, -0.15) is 0 Å². The molecule has 1 aliphatic carbocycles. The van der Waals surface area contributed by atoms with Crippen LogP contribution in [-0.4, -0.2) is 25.5 Å². The van der Waals surface area contributed by atoms with Crippen LogP contribution < -0.4 is 5.73 Å². The largest absolute Gasteiger partial charge is 0.327 e. The molecule has 0 saturated heterocycles. The zero-order valence-corrected chi connectivity index (χ0v) is 11.5. The van der Waals surface area contributed by atoms with Crippen molar-refractivity contribution in [3.63, 3.8) is 0 Å². The summed E-state index contributed by atoms with van der Waals surface area (Å²) in [4.78, 5) is 0. The van der Waals surface area contributed by atoms with Crippen LogP contribution in [0, 0.1) is 11.8 Å². The van der Waals surface area contributed by atoms with Gasteiger partial charge in [-0.25, -0.2) is 8.42 Å². The van der Waals surface area contributed by atoms with Crippen LogP contribution in [-0.2, 0) is 9.84 Å². The first-order valence-electron chi connectivity index (χ1n) is 6.30. The van der Waals surface area contributed by atoms with Crippen LogP contribution in [0.15, 0.2) is 0 Å². The van der Waals surface area contributed by atoms with Gasteiger partial charge in [0.2, 0.25) is 0 Å². The average molecular weight is 247 g/mol. The van der Waals surface area contributed by atoms with Gasteiger partial charge in [-0.3, -0.25) is 0 Å². The standard InChI is InChI=1S/C12H25NO2S/c1-9(2)12(13)8-16(14,15)11-6-4-5-10(3)7-11/h9-12H,4-8,13H2,1-3H3. The predicted octanol–water partition coefficient (Wildman–Crippen LogP) is 1.96. The lowest BCUT2D eigenvalue weighted by atomic mass is 9.91. The summed E-state index contributed by atoms with van der Waals surface area (Å²) in [5, 5.41) is -0.138. The molecule has 3 atom stereocenters. The number of hydrogen-bond donors (Lipinski definition) is 1. The van der Waals surface area contributed by atoms with Gasteiger partial charge < -0.3 is 5.73 Å². The second-order valence-corrected chi connectivity index (χ2v) is 7.96. The first kappa shape index (κ1) is 14.0. The summed E-state index contributed by atoms with van der Waals surface area (Å²) >= 11 is 0. The Bertz CT molecular complexity index is 311. The SMILES string of the molecule is CC1CCCC(S(=O)(=O)CC(N)C(C)C)C1. The maximum atomic E-state index is 12.2. The lowest BCUT2D eigenvalue weighted by Gasteiger charge is -2.28. The minimum absolute atomic E-state index is 0.138. The van der Waals surface area contributed by atoms with Crippen LogP contribution >= 0.6 is 0 Å². The third-order valence-electron chi connectivity index (χ3n) is 3.68. The summed E-state index contributed by atoms with van der Waals surface area (Å²) < 4.78 is 24.3. The number of sulfone groups is 1. The third kappa shape index (κ3) is 3.74. The van der Waals surface area contributed by atoms with E-state index in [0.29, 0.717) is 5.92 Å². The van der Waals surface area contributed by atoms with Crippen LogP contribution in [0.4, 0.5) is 0 Å². The summed E-state index contributed by atoms with van der Waals surface area (Å²) in [6, 6.07) is -0.220. The van der Waals surface area contributed by atoms with Gasteiger partial charge in [-0.05, 0) is 24.7 Å². The average Bonchev–Trinajstić information content (AvgIpc) is 2.17. The second-order valence-electron chi connectivity index (χ2n) is 5.63. The number of rotatable bonds is 4. The Morgan fingerprint density at radius 1 is 1.31 bits per heavy atom. The summed E-state index contributed by atoms with van der Waals surface area (Å²) in [7, 11) is -2.99. The molecule has 0 aromatic heterocycles. The molecule has 1 fully saturated rings. The molecule has 0 spiro atoms. The second kappa shape index (κ2) is 5.50. The van der Waals surface area contributed by atoms with E-state index < -0.39 is 9.84 Å². The van der Waals surface area contributed by atoms with Crippen molar-refractivity contribution in [2.45, 2.75) is 57.7 Å². The molecule has 0 bridgehead atoms. The van der Waals surface area contributed by atoms with Crippen LogP contribution in [0.3, 0.4) is 0 Å². The van der Waals surface area contributed by atoms with Gasteiger partial charge in [0.25, 0.3) is 0 Å². The van der Waals surface area contributed by atoms with E-state index >= 15 is 0 Å². The van der Waals surface area contributed by atoms with E-state index in [1.807, 2.05) is 13.8 Å². The van der Waals surface area contributed by atoms with Crippen LogP contribution in [0.5, 0.6) is 0 Å². The Morgan fingerprint density at radius 2 is 1.94 bits per heavy atom. The fourth-order valence-corrected chi connectivity index (χ4v) is 4.64. The molecule has 0 amide bonds. The van der Waals surface area contributed by atoms with Crippen molar-refractivity contribution in [1.82, 2.24) is 0 Å². The highest BCUT2D eigenvalue weighted by atomic mass is 32.2. The molecule has 3 nitrogen and oxygen atoms in total. The van der Waals surface area contributed by atoms with Crippen LogP contribution in [0.25, 0.3) is 0 Å². The van der Waals surface area contributed by atoms with Gasteiger partial charge in [0.1, 0.15) is 0 Å². The Balaban J connectivity index is 2.62. The lowest BCUT2D eigenvalue weighted by Crippen LogP contribution is -2.39. The molecule has 3 unspecified atom stereocenters. The van der Waals surface area contributed by atoms with Gasteiger partial charge in [0.05, 0.1) is 11.0 Å². The highest BCUT2D eigenvalue weighted by Gasteiger charge is 2.31. The summed E-state index contributed by atoms with van der Waals surface area (Å²) in [6.07, 6.45) is 3.87. The smallest absolute Gasteiger partial charge is 0.154 e. The molecule has 96 valence electrons. The first-order chi connectivity index (χ1) is 7.33. The molecule has 4 heteroatoms. The minimum Gasteiger partial charge on any atom is -0.327 e. The molecular weight excluding hydrogens is 222 g/mol. The topological polar surface area (TPSA) is 60.2 Å². The molecular formula is C12H25NO2S. The monoisotopic (exact) mass is 247 g/mol.